The molecule has 1 aromatic carbocycles. The molecule has 0 saturated carbocycles. The zero-order valence-electron chi connectivity index (χ0n) is 17.7. The Balaban J connectivity index is 3.75. The number of benzene rings is 1. The molecule has 234 valence electrons. The van der Waals surface area contributed by atoms with Crippen LogP contribution in [-0.2, 0) is 0 Å². The van der Waals surface area contributed by atoms with Crippen LogP contribution in [0.3, 0.4) is 0 Å². The molecule has 1 rings (SSSR count). The lowest BCUT2D eigenvalue weighted by molar-refractivity contribution is -0.480. The smallest absolute Gasteiger partial charge is 0.428 e. The van der Waals surface area contributed by atoms with Crippen molar-refractivity contribution in [1.82, 2.24) is 0 Å². The normalized spacial score (nSPS) is 15.8. The maximum Gasteiger partial charge on any atom is 0.471 e. The van der Waals surface area contributed by atoms with E-state index in [1.165, 1.54) is 0 Å². The second kappa shape index (κ2) is 9.08. The summed E-state index contributed by atoms with van der Waals surface area (Å²) in [6, 6.07) is 0.665. The van der Waals surface area contributed by atoms with E-state index in [-0.39, 0.29) is 12.1 Å². The van der Waals surface area contributed by atoms with Crippen molar-refractivity contribution in [3.63, 3.8) is 0 Å². The van der Waals surface area contributed by atoms with Crippen LogP contribution in [0.15, 0.2) is 18.2 Å². The van der Waals surface area contributed by atoms with Gasteiger partial charge >= 0.3 is 59.7 Å². The first-order valence-electron chi connectivity index (χ1n) is 8.94. The molecule has 0 heterocycles. The number of hydrogen-bond acceptors (Lipinski definition) is 3. The Morgan fingerprint density at radius 2 is 0.625 bits per heavy atom. The second-order valence-electron chi connectivity index (χ2n) is 7.55. The van der Waals surface area contributed by atoms with Crippen molar-refractivity contribution >= 4 is 11.4 Å². The van der Waals surface area contributed by atoms with Crippen molar-refractivity contribution in [2.45, 2.75) is 59.7 Å². The SMILES string of the molecule is Nc1cc(N)cc(OC(F)(F)C(F)(F)C(F)(F)C(F)(F)C(F)(F)C(F)(F)C(F)(F)C(F)(F)C(F)(F)C(F)(F)F)c1. The highest BCUT2D eigenvalue weighted by atomic mass is 19.4. The standard InChI is InChI=1S/C16H7F21N2O/c17-7(18,9(21,22)11(25,26)13(29,30)15(33,34)35)8(19,20)10(23,24)12(27,28)14(31,32)16(36,37)40-6-2-4(38)1-5(39)3-6/h1-3H,38-39H2. The number of anilines is 2. The first-order chi connectivity index (χ1) is 17.1. The van der Waals surface area contributed by atoms with Gasteiger partial charge in [0.1, 0.15) is 5.75 Å². The zero-order valence-corrected chi connectivity index (χ0v) is 17.7. The average Bonchev–Trinajstić information content (AvgIpc) is 2.70. The number of alkyl halides is 21. The van der Waals surface area contributed by atoms with Crippen LogP contribution in [0.2, 0.25) is 0 Å². The van der Waals surface area contributed by atoms with Gasteiger partial charge in [0, 0.05) is 23.5 Å². The molecule has 3 nitrogen and oxygen atoms in total. The third-order valence-corrected chi connectivity index (χ3v) is 4.68. The highest BCUT2D eigenvalue weighted by Gasteiger charge is 2.98. The predicted molar refractivity (Wildman–Crippen MR) is 86.5 cm³/mol. The van der Waals surface area contributed by atoms with Crippen LogP contribution in [0.4, 0.5) is 104 Å². The summed E-state index contributed by atoms with van der Waals surface area (Å²) in [5.41, 5.74) is 8.34. The highest BCUT2D eigenvalue weighted by molar-refractivity contribution is 5.56. The molecule has 0 aliphatic rings. The Hall–Kier alpha value is -2.85. The van der Waals surface area contributed by atoms with Crippen LogP contribution in [0.25, 0.3) is 0 Å². The summed E-state index contributed by atoms with van der Waals surface area (Å²) in [5.74, 6) is -72.9. The first-order valence-corrected chi connectivity index (χ1v) is 8.94. The second-order valence-corrected chi connectivity index (χ2v) is 7.55. The van der Waals surface area contributed by atoms with E-state index in [1.807, 2.05) is 0 Å². The lowest BCUT2D eigenvalue weighted by Crippen LogP contribution is -2.77. The quantitative estimate of drug-likeness (QED) is 0.206. The fourth-order valence-corrected chi connectivity index (χ4v) is 2.46. The van der Waals surface area contributed by atoms with Gasteiger partial charge in [0.05, 0.1) is 0 Å². The van der Waals surface area contributed by atoms with E-state index in [0.29, 0.717) is 6.07 Å². The van der Waals surface area contributed by atoms with E-state index in [2.05, 4.69) is 4.74 Å². The van der Waals surface area contributed by atoms with Gasteiger partial charge < -0.3 is 16.2 Å². The monoisotopic (exact) mass is 642 g/mol. The molecule has 0 saturated heterocycles. The van der Waals surface area contributed by atoms with Crippen LogP contribution in [0, 0.1) is 0 Å². The number of rotatable bonds is 10. The average molecular weight is 642 g/mol. The number of nitrogens with two attached hydrogens (primary N) is 2. The van der Waals surface area contributed by atoms with E-state index >= 15 is 0 Å². The molecule has 0 aliphatic heterocycles. The fraction of sp³-hybridized carbons (Fsp3) is 0.625. The van der Waals surface area contributed by atoms with E-state index in [1.54, 1.807) is 0 Å². The maximum absolute atomic E-state index is 13.8. The third kappa shape index (κ3) is 4.53. The Morgan fingerprint density at radius 1 is 0.375 bits per heavy atom. The topological polar surface area (TPSA) is 61.3 Å². The minimum absolute atomic E-state index is 0.0167. The van der Waals surface area contributed by atoms with Crippen LogP contribution in [0.5, 0.6) is 5.75 Å². The van der Waals surface area contributed by atoms with E-state index in [4.69, 9.17) is 11.5 Å². The summed E-state index contributed by atoms with van der Waals surface area (Å²) in [6.07, 6.45) is -15.3. The van der Waals surface area contributed by atoms with Crippen LogP contribution < -0.4 is 16.2 Å². The molecule has 0 radical (unpaired) electrons. The minimum atomic E-state index is -9.24. The van der Waals surface area contributed by atoms with E-state index in [0.717, 1.165) is 0 Å². The summed E-state index contributed by atoms with van der Waals surface area (Å²) in [4.78, 5) is 0. The molecule has 0 unspecified atom stereocenters. The predicted octanol–water partition coefficient (Wildman–Crippen LogP) is 7.47. The Labute approximate surface area is 204 Å². The van der Waals surface area contributed by atoms with Gasteiger partial charge in [-0.1, -0.05) is 0 Å². The van der Waals surface area contributed by atoms with Crippen LogP contribution in [-0.4, -0.2) is 59.7 Å². The summed E-state index contributed by atoms with van der Waals surface area (Å²) >= 11 is 0. The number of nitrogen functional groups attached to an aromatic ring is 2. The molecule has 24 heteroatoms. The van der Waals surface area contributed by atoms with Gasteiger partial charge in [0.2, 0.25) is 0 Å². The van der Waals surface area contributed by atoms with Crippen molar-refractivity contribution in [3.05, 3.63) is 18.2 Å². The van der Waals surface area contributed by atoms with Gasteiger partial charge in [-0.05, 0) is 6.07 Å². The van der Waals surface area contributed by atoms with Crippen molar-refractivity contribution in [2.75, 3.05) is 11.5 Å². The molecule has 4 N–H and O–H groups in total. The largest absolute Gasteiger partial charge is 0.471 e. The molecule has 0 aromatic heterocycles. The Kier molecular flexibility index (Phi) is 7.98. The Morgan fingerprint density at radius 3 is 0.900 bits per heavy atom. The lowest BCUT2D eigenvalue weighted by Gasteiger charge is -2.44. The minimum Gasteiger partial charge on any atom is -0.428 e. The number of ether oxygens (including phenoxy) is 1. The van der Waals surface area contributed by atoms with E-state index < -0.39 is 76.8 Å². The molecule has 40 heavy (non-hydrogen) atoms. The molecule has 0 fully saturated rings. The van der Waals surface area contributed by atoms with Crippen molar-refractivity contribution in [3.8, 4) is 5.75 Å². The summed E-state index contributed by atoms with van der Waals surface area (Å²) in [5, 5.41) is 0. The zero-order chi connectivity index (χ0) is 32.6. The Bertz CT molecular complexity index is 1070. The fourth-order valence-electron chi connectivity index (χ4n) is 2.46. The van der Waals surface area contributed by atoms with E-state index in [9.17, 15) is 92.2 Å². The molecule has 1 aromatic rings. The van der Waals surface area contributed by atoms with Gasteiger partial charge in [-0.15, -0.1) is 0 Å². The summed E-state index contributed by atoms with van der Waals surface area (Å²) in [6.45, 7) is 0. The van der Waals surface area contributed by atoms with Gasteiger partial charge in [-0.25, -0.2) is 0 Å². The van der Waals surface area contributed by atoms with Gasteiger partial charge in [-0.3, -0.25) is 0 Å². The number of halogens is 21. The number of hydrogen-bond donors (Lipinski definition) is 2. The molecule has 0 aliphatic carbocycles. The molecule has 0 amide bonds. The molecular formula is C16H7F21N2O. The van der Waals surface area contributed by atoms with Gasteiger partial charge in [-0.2, -0.15) is 92.2 Å². The van der Waals surface area contributed by atoms with Crippen LogP contribution >= 0.6 is 0 Å². The van der Waals surface area contributed by atoms with Crippen LogP contribution in [0.1, 0.15) is 0 Å². The molecule has 0 atom stereocenters. The van der Waals surface area contributed by atoms with Crippen molar-refractivity contribution < 1.29 is 96.9 Å². The molecular weight excluding hydrogens is 635 g/mol. The lowest BCUT2D eigenvalue weighted by atomic mass is 9.87. The summed E-state index contributed by atoms with van der Waals surface area (Å²) < 4.78 is 282. The highest BCUT2D eigenvalue weighted by Crippen LogP contribution is 2.66. The summed E-state index contributed by atoms with van der Waals surface area (Å²) in [7, 11) is 0. The van der Waals surface area contributed by atoms with Crippen molar-refractivity contribution in [1.29, 1.82) is 0 Å². The first kappa shape index (κ1) is 35.2. The van der Waals surface area contributed by atoms with Gasteiger partial charge in [0.25, 0.3) is 0 Å². The van der Waals surface area contributed by atoms with Crippen molar-refractivity contribution in [2.24, 2.45) is 0 Å². The molecule has 0 bridgehead atoms. The molecule has 0 spiro atoms. The maximum atomic E-state index is 13.8. The third-order valence-electron chi connectivity index (χ3n) is 4.68. The van der Waals surface area contributed by atoms with Gasteiger partial charge in [0.15, 0.2) is 0 Å².